The smallest absolute Gasteiger partial charge is 0.253 e. The average Bonchev–Trinajstić information content (AvgIpc) is 2.99. The molecular weight excluding hydrogens is 316 g/mol. The van der Waals surface area contributed by atoms with Crippen molar-refractivity contribution < 1.29 is 9.53 Å². The van der Waals surface area contributed by atoms with E-state index in [0.717, 1.165) is 49.5 Å². The molecule has 134 valence electrons. The maximum absolute atomic E-state index is 12.1. The summed E-state index contributed by atoms with van der Waals surface area (Å²) in [7, 11) is 3.55. The van der Waals surface area contributed by atoms with Crippen LogP contribution in [-0.4, -0.2) is 65.4 Å². The van der Waals surface area contributed by atoms with Crippen molar-refractivity contribution in [1.82, 2.24) is 19.6 Å². The normalized spacial score (nSPS) is 18.3. The molecule has 0 bridgehead atoms. The van der Waals surface area contributed by atoms with Crippen LogP contribution in [0.5, 0.6) is 0 Å². The molecule has 0 spiro atoms. The number of benzene rings is 1. The Kier molecular flexibility index (Phi) is 5.50. The van der Waals surface area contributed by atoms with E-state index in [2.05, 4.69) is 16.1 Å². The number of hydrogen-bond acceptors (Lipinski definition) is 4. The summed E-state index contributed by atoms with van der Waals surface area (Å²) >= 11 is 0. The maximum atomic E-state index is 12.1. The van der Waals surface area contributed by atoms with Crippen LogP contribution >= 0.6 is 0 Å². The molecule has 1 aliphatic rings. The third-order valence-corrected chi connectivity index (χ3v) is 4.36. The summed E-state index contributed by atoms with van der Waals surface area (Å²) in [6, 6.07) is 7.89. The second kappa shape index (κ2) is 7.80. The minimum atomic E-state index is 0.0377. The van der Waals surface area contributed by atoms with Crippen LogP contribution in [-0.2, 0) is 17.8 Å². The van der Waals surface area contributed by atoms with Crippen molar-refractivity contribution in [3.05, 3.63) is 53.3 Å². The number of morpholine rings is 1. The zero-order valence-corrected chi connectivity index (χ0v) is 15.2. The number of ether oxygens (including phenoxy) is 1. The zero-order valence-electron chi connectivity index (χ0n) is 15.2. The molecule has 3 rings (SSSR count). The minimum Gasteiger partial charge on any atom is -0.374 e. The summed E-state index contributed by atoms with van der Waals surface area (Å²) in [5.74, 6) is 0.0377. The van der Waals surface area contributed by atoms with Crippen molar-refractivity contribution in [2.24, 2.45) is 0 Å². The standard InChI is InChI=1S/C19H26N4O2/c1-15-10-20-23(11-15)14-18-13-22(7-8-25-18)12-16-5-4-6-17(9-16)19(24)21(2)3/h4-6,9-11,18H,7-8,12-14H2,1-3H3/t18-/m1/s1. The lowest BCUT2D eigenvalue weighted by Crippen LogP contribution is -2.43. The largest absolute Gasteiger partial charge is 0.374 e. The van der Waals surface area contributed by atoms with E-state index >= 15 is 0 Å². The lowest BCUT2D eigenvalue weighted by molar-refractivity contribution is -0.0402. The van der Waals surface area contributed by atoms with E-state index in [4.69, 9.17) is 4.74 Å². The van der Waals surface area contributed by atoms with Crippen molar-refractivity contribution in [3.8, 4) is 0 Å². The van der Waals surface area contributed by atoms with Crippen LogP contribution in [0.2, 0.25) is 0 Å². The lowest BCUT2D eigenvalue weighted by Gasteiger charge is -2.33. The topological polar surface area (TPSA) is 50.6 Å². The van der Waals surface area contributed by atoms with E-state index in [-0.39, 0.29) is 12.0 Å². The molecule has 25 heavy (non-hydrogen) atoms. The molecular formula is C19H26N4O2. The molecule has 6 heteroatoms. The fourth-order valence-corrected chi connectivity index (χ4v) is 3.13. The average molecular weight is 342 g/mol. The summed E-state index contributed by atoms with van der Waals surface area (Å²) < 4.78 is 7.83. The highest BCUT2D eigenvalue weighted by molar-refractivity contribution is 5.94. The van der Waals surface area contributed by atoms with Gasteiger partial charge in [0.1, 0.15) is 0 Å². The Labute approximate surface area is 149 Å². The molecule has 0 radical (unpaired) electrons. The number of amides is 1. The van der Waals surface area contributed by atoms with Gasteiger partial charge in [-0.1, -0.05) is 12.1 Å². The molecule has 0 N–H and O–H groups in total. The summed E-state index contributed by atoms with van der Waals surface area (Å²) in [4.78, 5) is 16.1. The minimum absolute atomic E-state index is 0.0377. The molecule has 1 atom stereocenters. The first-order valence-electron chi connectivity index (χ1n) is 8.65. The monoisotopic (exact) mass is 342 g/mol. The fourth-order valence-electron chi connectivity index (χ4n) is 3.13. The first-order chi connectivity index (χ1) is 12.0. The van der Waals surface area contributed by atoms with Crippen LogP contribution in [0, 0.1) is 6.92 Å². The van der Waals surface area contributed by atoms with Crippen molar-refractivity contribution in [3.63, 3.8) is 0 Å². The van der Waals surface area contributed by atoms with Gasteiger partial charge in [0.2, 0.25) is 0 Å². The molecule has 1 amide bonds. The van der Waals surface area contributed by atoms with E-state index in [1.807, 2.05) is 42.2 Å². The first kappa shape index (κ1) is 17.6. The predicted molar refractivity (Wildman–Crippen MR) is 96.4 cm³/mol. The van der Waals surface area contributed by atoms with Gasteiger partial charge in [-0.2, -0.15) is 5.10 Å². The fraction of sp³-hybridized carbons (Fsp3) is 0.474. The van der Waals surface area contributed by atoms with Crippen molar-refractivity contribution in [1.29, 1.82) is 0 Å². The Hall–Kier alpha value is -2.18. The van der Waals surface area contributed by atoms with Gasteiger partial charge in [-0.25, -0.2) is 0 Å². The number of aryl methyl sites for hydroxylation is 1. The SMILES string of the molecule is Cc1cnn(C[C@H]2CN(Cc3cccc(C(=O)N(C)C)c3)CCO2)c1. The van der Waals surface area contributed by atoms with Gasteiger partial charge in [0.25, 0.3) is 5.91 Å². The molecule has 0 unspecified atom stereocenters. The quantitative estimate of drug-likeness (QED) is 0.831. The molecule has 1 aliphatic heterocycles. The number of aromatic nitrogens is 2. The van der Waals surface area contributed by atoms with Gasteiger partial charge in [-0.05, 0) is 30.2 Å². The molecule has 0 saturated carbocycles. The van der Waals surface area contributed by atoms with Crippen LogP contribution in [0.15, 0.2) is 36.7 Å². The molecule has 2 aromatic rings. The Morgan fingerprint density at radius 2 is 2.24 bits per heavy atom. The van der Waals surface area contributed by atoms with Gasteiger partial charge in [0.15, 0.2) is 0 Å². The number of hydrogen-bond donors (Lipinski definition) is 0. The predicted octanol–water partition coefficient (Wildman–Crippen LogP) is 1.79. The van der Waals surface area contributed by atoms with Crippen LogP contribution in [0.1, 0.15) is 21.5 Å². The van der Waals surface area contributed by atoms with Crippen molar-refractivity contribution in [2.75, 3.05) is 33.8 Å². The van der Waals surface area contributed by atoms with Gasteiger partial charge in [-0.3, -0.25) is 14.4 Å². The van der Waals surface area contributed by atoms with E-state index in [9.17, 15) is 4.79 Å². The van der Waals surface area contributed by atoms with Crippen LogP contribution in [0.4, 0.5) is 0 Å². The highest BCUT2D eigenvalue weighted by Crippen LogP contribution is 2.14. The molecule has 1 aromatic heterocycles. The Morgan fingerprint density at radius 1 is 1.40 bits per heavy atom. The maximum Gasteiger partial charge on any atom is 0.253 e. The number of rotatable bonds is 5. The summed E-state index contributed by atoms with van der Waals surface area (Å²) in [5.41, 5.74) is 3.05. The van der Waals surface area contributed by atoms with Crippen molar-refractivity contribution >= 4 is 5.91 Å². The third kappa shape index (κ3) is 4.67. The Bertz CT molecular complexity index is 726. The molecule has 1 saturated heterocycles. The second-order valence-corrected chi connectivity index (χ2v) is 6.87. The number of carbonyl (C=O) groups is 1. The number of nitrogens with zero attached hydrogens (tertiary/aromatic N) is 4. The van der Waals surface area contributed by atoms with E-state index in [0.29, 0.717) is 0 Å². The van der Waals surface area contributed by atoms with Gasteiger partial charge in [-0.15, -0.1) is 0 Å². The molecule has 2 heterocycles. The molecule has 1 aromatic carbocycles. The Balaban J connectivity index is 1.61. The first-order valence-corrected chi connectivity index (χ1v) is 8.65. The highest BCUT2D eigenvalue weighted by atomic mass is 16.5. The molecule has 6 nitrogen and oxygen atoms in total. The third-order valence-electron chi connectivity index (χ3n) is 4.36. The van der Waals surface area contributed by atoms with Crippen LogP contribution in [0.25, 0.3) is 0 Å². The van der Waals surface area contributed by atoms with Gasteiger partial charge < -0.3 is 9.64 Å². The summed E-state index contributed by atoms with van der Waals surface area (Å²) in [6.07, 6.45) is 4.05. The second-order valence-electron chi connectivity index (χ2n) is 6.87. The van der Waals surface area contributed by atoms with E-state index in [1.165, 1.54) is 0 Å². The van der Waals surface area contributed by atoms with Gasteiger partial charge in [0, 0.05) is 45.5 Å². The number of carbonyl (C=O) groups excluding carboxylic acids is 1. The van der Waals surface area contributed by atoms with Gasteiger partial charge >= 0.3 is 0 Å². The van der Waals surface area contributed by atoms with E-state index in [1.54, 1.807) is 19.0 Å². The van der Waals surface area contributed by atoms with Crippen molar-refractivity contribution in [2.45, 2.75) is 26.1 Å². The summed E-state index contributed by atoms with van der Waals surface area (Å²) in [6.45, 7) is 6.13. The van der Waals surface area contributed by atoms with Crippen LogP contribution < -0.4 is 0 Å². The lowest BCUT2D eigenvalue weighted by atomic mass is 10.1. The molecule has 0 aliphatic carbocycles. The Morgan fingerprint density at radius 3 is 2.96 bits per heavy atom. The molecule has 1 fully saturated rings. The van der Waals surface area contributed by atoms with Gasteiger partial charge in [0.05, 0.1) is 25.5 Å². The summed E-state index contributed by atoms with van der Waals surface area (Å²) in [5, 5.41) is 4.34. The zero-order chi connectivity index (χ0) is 17.8. The highest BCUT2D eigenvalue weighted by Gasteiger charge is 2.21. The van der Waals surface area contributed by atoms with Crippen LogP contribution in [0.3, 0.4) is 0 Å². The van der Waals surface area contributed by atoms with E-state index < -0.39 is 0 Å².